The number of sulfonamides is 1. The summed E-state index contributed by atoms with van der Waals surface area (Å²) in [7, 11) is -3.78. The third-order valence-electron chi connectivity index (χ3n) is 4.45. The van der Waals surface area contributed by atoms with Crippen molar-refractivity contribution < 1.29 is 52.0 Å². The molecule has 0 aliphatic carbocycles. The highest BCUT2D eigenvalue weighted by Gasteiger charge is 2.14. The van der Waals surface area contributed by atoms with Gasteiger partial charge in [0.05, 0.1) is 23.7 Å². The van der Waals surface area contributed by atoms with Crippen LogP contribution in [0.25, 0.3) is 0 Å². The predicted molar refractivity (Wildman–Crippen MR) is 145 cm³/mol. The van der Waals surface area contributed by atoms with Gasteiger partial charge in [0.25, 0.3) is 15.9 Å². The first-order valence-corrected chi connectivity index (χ1v) is 13.8. The molecule has 41 heavy (non-hydrogen) atoms. The van der Waals surface area contributed by atoms with Gasteiger partial charge in [-0.2, -0.15) is 0 Å². The molecule has 16 heteroatoms. The lowest BCUT2D eigenvalue weighted by atomic mass is 10.2. The van der Waals surface area contributed by atoms with Crippen molar-refractivity contribution in [2.45, 2.75) is 18.2 Å². The molecule has 226 valence electrons. The third kappa shape index (κ3) is 16.6. The molecular formula is C25H34N4O11S. The number of pyridine rings is 1. The molecule has 0 fully saturated rings. The molecule has 5 N–H and O–H groups in total. The fourth-order valence-corrected chi connectivity index (χ4v) is 3.69. The number of carboxylic acids is 2. The molecule has 0 aliphatic heterocycles. The van der Waals surface area contributed by atoms with E-state index in [0.29, 0.717) is 6.61 Å². The van der Waals surface area contributed by atoms with Gasteiger partial charge in [-0.05, 0) is 30.7 Å². The Morgan fingerprint density at radius 2 is 1.39 bits per heavy atom. The number of carbonyl (C=O) groups is 4. The van der Waals surface area contributed by atoms with Gasteiger partial charge in [-0.3, -0.25) is 14.3 Å². The lowest BCUT2D eigenvalue weighted by Crippen LogP contribution is -2.33. The smallest absolute Gasteiger partial charge is 0.329 e. The monoisotopic (exact) mass is 598 g/mol. The number of carbonyl (C=O) groups excluding carboxylic acids is 2. The summed E-state index contributed by atoms with van der Waals surface area (Å²) in [5, 5.41) is 21.5. The second kappa shape index (κ2) is 19.9. The Labute approximate surface area is 237 Å². The number of rotatable bonds is 18. The normalized spacial score (nSPS) is 10.6. The molecule has 0 aliphatic rings. The SMILES string of the molecule is CCCOCC(=O)O.O=C(O)COCCNC(=O)COCCNC(=O)c1ccc(NS(=O)(=O)c2ccccc2)nc1. The van der Waals surface area contributed by atoms with Crippen LogP contribution in [0.3, 0.4) is 0 Å². The van der Waals surface area contributed by atoms with Crippen molar-refractivity contribution in [1.82, 2.24) is 15.6 Å². The van der Waals surface area contributed by atoms with Crippen molar-refractivity contribution in [3.8, 4) is 0 Å². The van der Waals surface area contributed by atoms with Gasteiger partial charge in [-0.25, -0.2) is 23.0 Å². The van der Waals surface area contributed by atoms with Crippen LogP contribution >= 0.6 is 0 Å². The zero-order valence-electron chi connectivity index (χ0n) is 22.4. The number of ether oxygens (including phenoxy) is 3. The maximum absolute atomic E-state index is 12.3. The van der Waals surface area contributed by atoms with E-state index in [1.807, 2.05) is 6.92 Å². The van der Waals surface area contributed by atoms with E-state index >= 15 is 0 Å². The van der Waals surface area contributed by atoms with E-state index < -0.39 is 40.4 Å². The van der Waals surface area contributed by atoms with E-state index in [9.17, 15) is 27.6 Å². The van der Waals surface area contributed by atoms with Crippen LogP contribution in [0.5, 0.6) is 0 Å². The van der Waals surface area contributed by atoms with Crippen LogP contribution in [0.4, 0.5) is 5.82 Å². The molecule has 2 aromatic rings. The van der Waals surface area contributed by atoms with Crippen molar-refractivity contribution >= 4 is 39.6 Å². The van der Waals surface area contributed by atoms with E-state index in [-0.39, 0.29) is 55.8 Å². The lowest BCUT2D eigenvalue weighted by Gasteiger charge is -2.09. The summed E-state index contributed by atoms with van der Waals surface area (Å²) in [5.74, 6) is -2.77. The minimum atomic E-state index is -3.78. The van der Waals surface area contributed by atoms with Crippen molar-refractivity contribution in [2.24, 2.45) is 0 Å². The summed E-state index contributed by atoms with van der Waals surface area (Å²) < 4.78 is 41.5. The summed E-state index contributed by atoms with van der Waals surface area (Å²) in [5.41, 5.74) is 0.219. The van der Waals surface area contributed by atoms with Gasteiger partial charge in [-0.1, -0.05) is 25.1 Å². The Morgan fingerprint density at radius 3 is 1.95 bits per heavy atom. The number of aliphatic carboxylic acids is 2. The molecule has 0 radical (unpaired) electrons. The van der Waals surface area contributed by atoms with Crippen molar-refractivity contribution in [3.63, 3.8) is 0 Å². The average Bonchev–Trinajstić information content (AvgIpc) is 2.93. The van der Waals surface area contributed by atoms with Crippen LogP contribution in [-0.4, -0.2) is 100 Å². The molecule has 0 atom stereocenters. The fraction of sp³-hybridized carbons (Fsp3) is 0.400. The number of hydrogen-bond acceptors (Lipinski definition) is 10. The van der Waals surface area contributed by atoms with Crippen LogP contribution in [-0.2, 0) is 38.6 Å². The number of carboxylic acid groups (broad SMARTS) is 2. The summed E-state index contributed by atoms with van der Waals surface area (Å²) in [6.45, 7) is 2.06. The van der Waals surface area contributed by atoms with Crippen molar-refractivity contribution in [3.05, 3.63) is 54.2 Å². The highest BCUT2D eigenvalue weighted by atomic mass is 32.2. The van der Waals surface area contributed by atoms with Gasteiger partial charge in [-0.15, -0.1) is 0 Å². The number of amides is 2. The molecule has 0 saturated carbocycles. The molecule has 2 rings (SSSR count). The topological polar surface area (TPSA) is 220 Å². The van der Waals surface area contributed by atoms with E-state index in [0.717, 1.165) is 6.42 Å². The van der Waals surface area contributed by atoms with E-state index in [2.05, 4.69) is 25.1 Å². The zero-order valence-corrected chi connectivity index (χ0v) is 23.2. The van der Waals surface area contributed by atoms with Gasteiger partial charge in [0, 0.05) is 25.9 Å². The largest absolute Gasteiger partial charge is 0.480 e. The minimum Gasteiger partial charge on any atom is -0.480 e. The highest BCUT2D eigenvalue weighted by Crippen LogP contribution is 2.14. The van der Waals surface area contributed by atoms with Gasteiger partial charge < -0.3 is 35.1 Å². The van der Waals surface area contributed by atoms with Crippen LogP contribution in [0.2, 0.25) is 0 Å². The number of anilines is 1. The van der Waals surface area contributed by atoms with Gasteiger partial charge >= 0.3 is 11.9 Å². The number of hydrogen-bond donors (Lipinski definition) is 5. The predicted octanol–water partition coefficient (Wildman–Crippen LogP) is 0.344. The summed E-state index contributed by atoms with van der Waals surface area (Å²) in [6.07, 6.45) is 2.10. The Balaban J connectivity index is 0.000000915. The molecule has 15 nitrogen and oxygen atoms in total. The molecule has 0 saturated heterocycles. The molecule has 0 unspecified atom stereocenters. The number of nitrogens with zero attached hydrogens (tertiary/aromatic N) is 1. The maximum atomic E-state index is 12.3. The van der Waals surface area contributed by atoms with Crippen LogP contribution < -0.4 is 15.4 Å². The average molecular weight is 599 g/mol. The molecule has 1 heterocycles. The van der Waals surface area contributed by atoms with Crippen molar-refractivity contribution in [2.75, 3.05) is 57.5 Å². The minimum absolute atomic E-state index is 0.0641. The fourth-order valence-electron chi connectivity index (χ4n) is 2.67. The van der Waals surface area contributed by atoms with E-state index in [4.69, 9.17) is 19.7 Å². The van der Waals surface area contributed by atoms with Gasteiger partial charge in [0.15, 0.2) is 0 Å². The second-order valence-electron chi connectivity index (χ2n) is 7.90. The molecule has 2 amide bonds. The quantitative estimate of drug-likeness (QED) is 0.147. The van der Waals surface area contributed by atoms with Crippen LogP contribution in [0.15, 0.2) is 53.6 Å². The van der Waals surface area contributed by atoms with Crippen LogP contribution in [0, 0.1) is 0 Å². The first-order chi connectivity index (χ1) is 19.5. The second-order valence-corrected chi connectivity index (χ2v) is 9.58. The van der Waals surface area contributed by atoms with Gasteiger partial charge in [0.1, 0.15) is 25.6 Å². The number of benzene rings is 1. The molecule has 0 spiro atoms. The first-order valence-electron chi connectivity index (χ1n) is 12.3. The van der Waals surface area contributed by atoms with Gasteiger partial charge in [0.2, 0.25) is 5.91 Å². The molecule has 1 aromatic heterocycles. The Kier molecular flexibility index (Phi) is 16.9. The molecule has 1 aromatic carbocycles. The van der Waals surface area contributed by atoms with E-state index in [1.165, 1.54) is 30.5 Å². The molecular weight excluding hydrogens is 564 g/mol. The van der Waals surface area contributed by atoms with E-state index in [1.54, 1.807) is 18.2 Å². The van der Waals surface area contributed by atoms with Crippen molar-refractivity contribution in [1.29, 1.82) is 0 Å². The maximum Gasteiger partial charge on any atom is 0.329 e. The summed E-state index contributed by atoms with van der Waals surface area (Å²) in [4.78, 5) is 47.7. The summed E-state index contributed by atoms with van der Waals surface area (Å²) in [6, 6.07) is 10.6. The van der Waals surface area contributed by atoms with Crippen LogP contribution in [0.1, 0.15) is 23.7 Å². The number of nitrogens with one attached hydrogen (secondary N) is 3. The standard InChI is InChI=1S/C20H24N4O8S.C5H10O3/c25-18(21-8-10-32-14-19(26)27)13-31-11-9-22-20(28)15-6-7-17(23-12-15)24-33(29,30)16-4-2-1-3-5-16;1-2-3-8-4-5(6)7/h1-7,12H,8-11,13-14H2,(H,21,25)(H,22,28)(H,23,24)(H,26,27);2-4H2,1H3,(H,6,7). The lowest BCUT2D eigenvalue weighted by molar-refractivity contribution is -0.143. The first kappa shape index (κ1) is 34.9. The Bertz CT molecular complexity index is 1190. The number of aromatic nitrogens is 1. The Hall–Kier alpha value is -4.12. The highest BCUT2D eigenvalue weighted by molar-refractivity contribution is 7.92. The molecule has 0 bridgehead atoms. The third-order valence-corrected chi connectivity index (χ3v) is 5.82. The Morgan fingerprint density at radius 1 is 0.805 bits per heavy atom. The zero-order chi connectivity index (χ0) is 30.5. The summed E-state index contributed by atoms with van der Waals surface area (Å²) >= 11 is 0.